The average Bonchev–Trinajstić information content (AvgIpc) is 2.78. The Morgan fingerprint density at radius 1 is 1.47 bits per heavy atom. The number of methoxy groups -OCH3 is 1. The van der Waals surface area contributed by atoms with Crippen molar-refractivity contribution in [2.75, 3.05) is 20.3 Å². The molecule has 0 aromatic rings. The second-order valence-electron chi connectivity index (χ2n) is 5.27. The number of ether oxygens (including phenoxy) is 1. The molecule has 0 bridgehead atoms. The molecule has 5 heteroatoms. The van der Waals surface area contributed by atoms with E-state index < -0.39 is 0 Å². The van der Waals surface area contributed by atoms with Crippen molar-refractivity contribution in [3.63, 3.8) is 0 Å². The minimum Gasteiger partial charge on any atom is -0.383 e. The Morgan fingerprint density at radius 2 is 2.11 bits per heavy atom. The van der Waals surface area contributed by atoms with Gasteiger partial charge in [-0.25, -0.2) is 0 Å². The minimum atomic E-state index is -0.215. The summed E-state index contributed by atoms with van der Waals surface area (Å²) >= 11 is 0. The van der Waals surface area contributed by atoms with E-state index in [9.17, 15) is 9.59 Å². The summed E-state index contributed by atoms with van der Waals surface area (Å²) in [6, 6.07) is 0.247. The summed E-state index contributed by atoms with van der Waals surface area (Å²) in [7, 11) is 1.62. The van der Waals surface area contributed by atoms with Gasteiger partial charge in [-0.3, -0.25) is 9.59 Å². The monoisotopic (exact) mass is 270 g/mol. The van der Waals surface area contributed by atoms with E-state index in [1.165, 1.54) is 0 Å². The number of carbonyl (C=O) groups excluding carboxylic acids is 2. The summed E-state index contributed by atoms with van der Waals surface area (Å²) < 4.78 is 5.06. The molecule has 110 valence electrons. The van der Waals surface area contributed by atoms with Gasteiger partial charge in [0.1, 0.15) is 0 Å². The van der Waals surface area contributed by atoms with Crippen molar-refractivity contribution in [1.82, 2.24) is 10.2 Å². The van der Waals surface area contributed by atoms with Crippen LogP contribution < -0.4 is 5.32 Å². The normalized spacial score (nSPS) is 21.0. The van der Waals surface area contributed by atoms with Gasteiger partial charge >= 0.3 is 0 Å². The molecule has 2 amide bonds. The smallest absolute Gasteiger partial charge is 0.225 e. The molecular weight excluding hydrogens is 244 g/mol. The third kappa shape index (κ3) is 4.20. The molecule has 19 heavy (non-hydrogen) atoms. The van der Waals surface area contributed by atoms with Crippen molar-refractivity contribution < 1.29 is 14.3 Å². The first kappa shape index (κ1) is 16.0. The molecule has 0 spiro atoms. The molecule has 0 aromatic heterocycles. The highest BCUT2D eigenvalue weighted by molar-refractivity contribution is 5.89. The quantitative estimate of drug-likeness (QED) is 0.755. The Morgan fingerprint density at radius 3 is 2.63 bits per heavy atom. The van der Waals surface area contributed by atoms with Gasteiger partial charge in [0, 0.05) is 26.1 Å². The van der Waals surface area contributed by atoms with Crippen molar-refractivity contribution in [2.24, 2.45) is 5.92 Å². The second-order valence-corrected chi connectivity index (χ2v) is 5.27. The highest BCUT2D eigenvalue weighted by Crippen LogP contribution is 2.21. The number of carbonyl (C=O) groups is 2. The van der Waals surface area contributed by atoms with Gasteiger partial charge in [0.15, 0.2) is 0 Å². The van der Waals surface area contributed by atoms with E-state index in [4.69, 9.17) is 4.74 Å². The van der Waals surface area contributed by atoms with Gasteiger partial charge in [0.05, 0.1) is 18.6 Å². The molecule has 0 radical (unpaired) electrons. The molecule has 1 heterocycles. The number of nitrogens with zero attached hydrogens (tertiary/aromatic N) is 1. The van der Waals surface area contributed by atoms with E-state index >= 15 is 0 Å². The number of nitrogens with one attached hydrogen (secondary N) is 1. The van der Waals surface area contributed by atoms with Crippen LogP contribution in [0, 0.1) is 5.92 Å². The molecule has 0 unspecified atom stereocenters. The van der Waals surface area contributed by atoms with Crippen LogP contribution in [0.1, 0.15) is 40.0 Å². The van der Waals surface area contributed by atoms with Gasteiger partial charge in [0.2, 0.25) is 11.8 Å². The van der Waals surface area contributed by atoms with Crippen molar-refractivity contribution in [2.45, 2.75) is 52.1 Å². The molecule has 1 aliphatic heterocycles. The maximum Gasteiger partial charge on any atom is 0.225 e. The minimum absolute atomic E-state index is 0.00849. The lowest BCUT2D eigenvalue weighted by atomic mass is 10.1. The summed E-state index contributed by atoms with van der Waals surface area (Å²) in [4.78, 5) is 25.8. The molecule has 1 N–H and O–H groups in total. The molecule has 1 saturated heterocycles. The van der Waals surface area contributed by atoms with Gasteiger partial charge in [0.25, 0.3) is 0 Å². The van der Waals surface area contributed by atoms with Crippen LogP contribution in [0.4, 0.5) is 0 Å². The van der Waals surface area contributed by atoms with Crippen LogP contribution in [0.25, 0.3) is 0 Å². The molecule has 0 aromatic carbocycles. The lowest BCUT2D eigenvalue weighted by Crippen LogP contribution is -2.41. The van der Waals surface area contributed by atoms with E-state index in [0.29, 0.717) is 19.6 Å². The van der Waals surface area contributed by atoms with Crippen LogP contribution in [0.2, 0.25) is 0 Å². The van der Waals surface area contributed by atoms with E-state index in [1.54, 1.807) is 12.0 Å². The van der Waals surface area contributed by atoms with Gasteiger partial charge in [-0.1, -0.05) is 13.8 Å². The summed E-state index contributed by atoms with van der Waals surface area (Å²) in [5.74, 6) is -0.157. The third-order valence-corrected chi connectivity index (χ3v) is 3.80. The van der Waals surface area contributed by atoms with Crippen molar-refractivity contribution in [3.05, 3.63) is 0 Å². The fourth-order valence-corrected chi connectivity index (χ4v) is 2.48. The number of likely N-dealkylation sites (tertiary alicyclic amines) is 1. The largest absolute Gasteiger partial charge is 0.383 e. The predicted molar refractivity (Wildman–Crippen MR) is 73.7 cm³/mol. The van der Waals surface area contributed by atoms with Gasteiger partial charge in [-0.2, -0.15) is 0 Å². The van der Waals surface area contributed by atoms with E-state index in [0.717, 1.165) is 12.8 Å². The number of amides is 2. The average molecular weight is 270 g/mol. The zero-order chi connectivity index (χ0) is 14.4. The Bertz CT molecular complexity index is 316. The highest BCUT2D eigenvalue weighted by Gasteiger charge is 2.36. The molecule has 1 rings (SSSR count). The Kier molecular flexibility index (Phi) is 6.28. The zero-order valence-electron chi connectivity index (χ0n) is 12.4. The molecule has 2 atom stereocenters. The maximum atomic E-state index is 12.1. The van der Waals surface area contributed by atoms with Gasteiger partial charge in [-0.05, 0) is 19.8 Å². The Labute approximate surface area is 115 Å². The van der Waals surface area contributed by atoms with E-state index in [2.05, 4.69) is 19.2 Å². The first-order chi connectivity index (χ1) is 9.03. The predicted octanol–water partition coefficient (Wildman–Crippen LogP) is 1.17. The third-order valence-electron chi connectivity index (χ3n) is 3.80. The molecule has 1 fully saturated rings. The molecule has 1 aliphatic rings. The second kappa shape index (κ2) is 7.48. The summed E-state index contributed by atoms with van der Waals surface area (Å²) in [6.45, 7) is 7.08. The molecular formula is C14H26N2O3. The van der Waals surface area contributed by atoms with Crippen LogP contribution >= 0.6 is 0 Å². The van der Waals surface area contributed by atoms with Crippen molar-refractivity contribution >= 4 is 11.8 Å². The van der Waals surface area contributed by atoms with Crippen molar-refractivity contribution in [1.29, 1.82) is 0 Å². The number of rotatable bonds is 7. The van der Waals surface area contributed by atoms with Crippen LogP contribution in [-0.2, 0) is 14.3 Å². The SMILES string of the molecule is CCC(CC)NC(=O)[C@H]1CC(=O)N([C@H](C)COC)C1. The summed E-state index contributed by atoms with van der Waals surface area (Å²) in [5.41, 5.74) is 0. The van der Waals surface area contributed by atoms with Gasteiger partial charge in [-0.15, -0.1) is 0 Å². The number of hydrogen-bond donors (Lipinski definition) is 1. The molecule has 5 nitrogen and oxygen atoms in total. The van der Waals surface area contributed by atoms with Crippen LogP contribution in [0.15, 0.2) is 0 Å². The molecule has 0 saturated carbocycles. The summed E-state index contributed by atoms with van der Waals surface area (Å²) in [5, 5.41) is 3.02. The zero-order valence-corrected chi connectivity index (χ0v) is 12.4. The van der Waals surface area contributed by atoms with Crippen LogP contribution in [0.3, 0.4) is 0 Å². The van der Waals surface area contributed by atoms with Crippen molar-refractivity contribution in [3.8, 4) is 0 Å². The highest BCUT2D eigenvalue weighted by atomic mass is 16.5. The fourth-order valence-electron chi connectivity index (χ4n) is 2.48. The standard InChI is InChI=1S/C14H26N2O3/c1-5-12(6-2)15-14(18)11-7-13(17)16(8-11)10(3)9-19-4/h10-12H,5-9H2,1-4H3,(H,15,18)/t10-,11+/m1/s1. The topological polar surface area (TPSA) is 58.6 Å². The fraction of sp³-hybridized carbons (Fsp3) is 0.857. The van der Waals surface area contributed by atoms with Gasteiger partial charge < -0.3 is 15.0 Å². The lowest BCUT2D eigenvalue weighted by Gasteiger charge is -2.24. The first-order valence-corrected chi connectivity index (χ1v) is 7.12. The number of hydrogen-bond acceptors (Lipinski definition) is 3. The molecule has 0 aliphatic carbocycles. The first-order valence-electron chi connectivity index (χ1n) is 7.12. The lowest BCUT2D eigenvalue weighted by molar-refractivity contribution is -0.130. The summed E-state index contributed by atoms with van der Waals surface area (Å²) in [6.07, 6.45) is 2.17. The Hall–Kier alpha value is -1.10. The maximum absolute atomic E-state index is 12.1. The van der Waals surface area contributed by atoms with E-state index in [-0.39, 0.29) is 29.8 Å². The van der Waals surface area contributed by atoms with Crippen LogP contribution in [0.5, 0.6) is 0 Å². The van der Waals surface area contributed by atoms with E-state index in [1.807, 2.05) is 6.92 Å². The Balaban J connectivity index is 2.53. The van der Waals surface area contributed by atoms with Crippen LogP contribution in [-0.4, -0.2) is 49.1 Å².